The molecule has 2 aromatic carbocycles. The molecule has 1 amide bonds. The third-order valence-corrected chi connectivity index (χ3v) is 3.37. The standard InChI is InChI=1S/C17H19NO4/c1-11-15(21-3)10-9-14(16(11)22-4)17(19)18-12-5-7-13(20-2)8-6-12/h5-10H,1-4H3,(H,18,19). The minimum absolute atomic E-state index is 0.243. The summed E-state index contributed by atoms with van der Waals surface area (Å²) in [5.74, 6) is 1.67. The summed E-state index contributed by atoms with van der Waals surface area (Å²) >= 11 is 0. The van der Waals surface area contributed by atoms with Gasteiger partial charge in [-0.15, -0.1) is 0 Å². The first-order valence-electron chi connectivity index (χ1n) is 6.77. The summed E-state index contributed by atoms with van der Waals surface area (Å²) in [6.45, 7) is 1.85. The third kappa shape index (κ3) is 3.14. The zero-order valence-electron chi connectivity index (χ0n) is 13.1. The molecule has 0 bridgehead atoms. The van der Waals surface area contributed by atoms with Gasteiger partial charge in [-0.05, 0) is 43.3 Å². The minimum atomic E-state index is -0.243. The van der Waals surface area contributed by atoms with E-state index in [1.807, 2.05) is 6.92 Å². The van der Waals surface area contributed by atoms with Crippen LogP contribution in [0.4, 0.5) is 5.69 Å². The van der Waals surface area contributed by atoms with E-state index >= 15 is 0 Å². The van der Waals surface area contributed by atoms with Crippen molar-refractivity contribution in [3.63, 3.8) is 0 Å². The van der Waals surface area contributed by atoms with Crippen LogP contribution in [0.3, 0.4) is 0 Å². The summed E-state index contributed by atoms with van der Waals surface area (Å²) in [5.41, 5.74) is 1.92. The maximum absolute atomic E-state index is 12.4. The highest BCUT2D eigenvalue weighted by Crippen LogP contribution is 2.31. The second-order valence-corrected chi connectivity index (χ2v) is 4.66. The average molecular weight is 301 g/mol. The summed E-state index contributed by atoms with van der Waals surface area (Å²) < 4.78 is 15.7. The molecular weight excluding hydrogens is 282 g/mol. The number of anilines is 1. The van der Waals surface area contributed by atoms with Crippen molar-refractivity contribution < 1.29 is 19.0 Å². The molecule has 0 radical (unpaired) electrons. The zero-order valence-corrected chi connectivity index (χ0v) is 13.1. The van der Waals surface area contributed by atoms with E-state index in [1.54, 1.807) is 50.6 Å². The Kier molecular flexibility index (Phi) is 4.88. The summed E-state index contributed by atoms with van der Waals surface area (Å²) in [5, 5.41) is 2.83. The van der Waals surface area contributed by atoms with Crippen molar-refractivity contribution in [1.29, 1.82) is 0 Å². The lowest BCUT2D eigenvalue weighted by Gasteiger charge is -2.14. The highest BCUT2D eigenvalue weighted by molar-refractivity contribution is 6.06. The Labute approximate surface area is 129 Å². The van der Waals surface area contributed by atoms with E-state index in [2.05, 4.69) is 5.32 Å². The van der Waals surface area contributed by atoms with Gasteiger partial charge in [-0.2, -0.15) is 0 Å². The van der Waals surface area contributed by atoms with Crippen LogP contribution in [-0.2, 0) is 0 Å². The molecule has 0 heterocycles. The predicted octanol–water partition coefficient (Wildman–Crippen LogP) is 3.27. The smallest absolute Gasteiger partial charge is 0.259 e. The van der Waals surface area contributed by atoms with Crippen molar-refractivity contribution in [2.45, 2.75) is 6.92 Å². The molecular formula is C17H19NO4. The van der Waals surface area contributed by atoms with Gasteiger partial charge in [0.25, 0.3) is 5.91 Å². The number of carbonyl (C=O) groups excluding carboxylic acids is 1. The molecule has 0 fully saturated rings. The van der Waals surface area contributed by atoms with E-state index in [-0.39, 0.29) is 5.91 Å². The lowest BCUT2D eigenvalue weighted by atomic mass is 10.1. The molecule has 0 unspecified atom stereocenters. The first-order valence-corrected chi connectivity index (χ1v) is 6.77. The first-order chi connectivity index (χ1) is 10.6. The van der Waals surface area contributed by atoms with E-state index in [0.29, 0.717) is 22.7 Å². The van der Waals surface area contributed by atoms with Gasteiger partial charge in [0.05, 0.1) is 26.9 Å². The lowest BCUT2D eigenvalue weighted by molar-refractivity contribution is 0.102. The largest absolute Gasteiger partial charge is 0.497 e. The number of benzene rings is 2. The van der Waals surface area contributed by atoms with Gasteiger partial charge in [0.2, 0.25) is 0 Å². The number of rotatable bonds is 5. The molecule has 116 valence electrons. The van der Waals surface area contributed by atoms with E-state index in [4.69, 9.17) is 14.2 Å². The molecule has 0 atom stereocenters. The molecule has 0 saturated heterocycles. The molecule has 1 N–H and O–H groups in total. The van der Waals surface area contributed by atoms with Crippen LogP contribution in [0.1, 0.15) is 15.9 Å². The number of hydrogen-bond acceptors (Lipinski definition) is 4. The zero-order chi connectivity index (χ0) is 16.1. The number of ether oxygens (including phenoxy) is 3. The van der Waals surface area contributed by atoms with E-state index in [1.165, 1.54) is 7.11 Å². The SMILES string of the molecule is COc1ccc(NC(=O)c2ccc(OC)c(C)c2OC)cc1. The van der Waals surface area contributed by atoms with Gasteiger partial charge >= 0.3 is 0 Å². The Bertz CT molecular complexity index is 665. The van der Waals surface area contributed by atoms with Crippen LogP contribution in [0.2, 0.25) is 0 Å². The van der Waals surface area contributed by atoms with E-state index < -0.39 is 0 Å². The van der Waals surface area contributed by atoms with Crippen molar-refractivity contribution in [2.24, 2.45) is 0 Å². The fraction of sp³-hybridized carbons (Fsp3) is 0.235. The number of methoxy groups -OCH3 is 3. The molecule has 0 aromatic heterocycles. The van der Waals surface area contributed by atoms with Crippen molar-refractivity contribution >= 4 is 11.6 Å². The summed E-state index contributed by atoms with van der Waals surface area (Å²) in [4.78, 5) is 12.4. The van der Waals surface area contributed by atoms with E-state index in [9.17, 15) is 4.79 Å². The van der Waals surface area contributed by atoms with Gasteiger partial charge in [-0.25, -0.2) is 0 Å². The summed E-state index contributed by atoms with van der Waals surface area (Å²) in [6, 6.07) is 10.6. The lowest BCUT2D eigenvalue weighted by Crippen LogP contribution is -2.14. The second kappa shape index (κ2) is 6.85. The molecule has 22 heavy (non-hydrogen) atoms. The molecule has 0 spiro atoms. The van der Waals surface area contributed by atoms with E-state index in [0.717, 1.165) is 11.3 Å². The monoisotopic (exact) mass is 301 g/mol. The second-order valence-electron chi connectivity index (χ2n) is 4.66. The Balaban J connectivity index is 2.27. The fourth-order valence-corrected chi connectivity index (χ4v) is 2.21. The molecule has 5 heteroatoms. The maximum Gasteiger partial charge on any atom is 0.259 e. The van der Waals surface area contributed by atoms with Crippen molar-refractivity contribution in [3.05, 3.63) is 47.5 Å². The number of nitrogens with one attached hydrogen (secondary N) is 1. The Morgan fingerprint density at radius 3 is 2.14 bits per heavy atom. The number of carbonyl (C=O) groups is 1. The van der Waals surface area contributed by atoms with Gasteiger partial charge < -0.3 is 19.5 Å². The highest BCUT2D eigenvalue weighted by Gasteiger charge is 2.17. The van der Waals surface area contributed by atoms with Crippen LogP contribution in [0, 0.1) is 6.92 Å². The predicted molar refractivity (Wildman–Crippen MR) is 85.2 cm³/mol. The average Bonchev–Trinajstić information content (AvgIpc) is 2.55. The number of amides is 1. The molecule has 2 rings (SSSR count). The highest BCUT2D eigenvalue weighted by atomic mass is 16.5. The van der Waals surface area contributed by atoms with Crippen LogP contribution in [0.25, 0.3) is 0 Å². The molecule has 0 aliphatic heterocycles. The summed E-state index contributed by atoms with van der Waals surface area (Å²) in [6.07, 6.45) is 0. The van der Waals surface area contributed by atoms with Gasteiger partial charge in [-0.1, -0.05) is 0 Å². The Hall–Kier alpha value is -2.69. The quantitative estimate of drug-likeness (QED) is 0.921. The van der Waals surface area contributed by atoms with Crippen LogP contribution in [0.15, 0.2) is 36.4 Å². The van der Waals surface area contributed by atoms with Crippen LogP contribution in [-0.4, -0.2) is 27.2 Å². The number of hydrogen-bond donors (Lipinski definition) is 1. The molecule has 5 nitrogen and oxygen atoms in total. The van der Waals surface area contributed by atoms with Crippen LogP contribution >= 0.6 is 0 Å². The maximum atomic E-state index is 12.4. The molecule has 0 aliphatic rings. The summed E-state index contributed by atoms with van der Waals surface area (Å²) in [7, 11) is 4.71. The minimum Gasteiger partial charge on any atom is -0.497 e. The fourth-order valence-electron chi connectivity index (χ4n) is 2.21. The van der Waals surface area contributed by atoms with Crippen LogP contribution in [0.5, 0.6) is 17.2 Å². The van der Waals surface area contributed by atoms with Gasteiger partial charge in [0.1, 0.15) is 17.2 Å². The van der Waals surface area contributed by atoms with Gasteiger partial charge in [-0.3, -0.25) is 4.79 Å². The normalized spacial score (nSPS) is 10.0. The molecule has 2 aromatic rings. The molecule has 0 aliphatic carbocycles. The topological polar surface area (TPSA) is 56.8 Å². The van der Waals surface area contributed by atoms with Gasteiger partial charge in [0.15, 0.2) is 0 Å². The first kappa shape index (κ1) is 15.7. The van der Waals surface area contributed by atoms with Crippen LogP contribution < -0.4 is 19.5 Å². The Morgan fingerprint density at radius 2 is 1.59 bits per heavy atom. The Morgan fingerprint density at radius 1 is 0.909 bits per heavy atom. The third-order valence-electron chi connectivity index (χ3n) is 3.37. The van der Waals surface area contributed by atoms with Crippen molar-refractivity contribution in [2.75, 3.05) is 26.6 Å². The van der Waals surface area contributed by atoms with Gasteiger partial charge in [0, 0.05) is 11.3 Å². The van der Waals surface area contributed by atoms with Crippen molar-refractivity contribution in [1.82, 2.24) is 0 Å². The van der Waals surface area contributed by atoms with Crippen molar-refractivity contribution in [3.8, 4) is 17.2 Å². The molecule has 0 saturated carbocycles.